The van der Waals surface area contributed by atoms with E-state index < -0.39 is 28.4 Å². The van der Waals surface area contributed by atoms with Crippen molar-refractivity contribution in [2.75, 3.05) is 22.8 Å². The highest BCUT2D eigenvalue weighted by molar-refractivity contribution is 7.92. The first-order valence-electron chi connectivity index (χ1n) is 10.2. The highest BCUT2D eigenvalue weighted by Gasteiger charge is 2.12. The second kappa shape index (κ2) is 11.6. The third kappa shape index (κ3) is 7.92. The SMILES string of the molecule is CCCCNc1nc(CF)ccc1/C=C/C(=O)NCc1cc(C)c(NS(C)(=O)=O)c(F)c1. The van der Waals surface area contributed by atoms with Crippen LogP contribution in [0.1, 0.15) is 42.1 Å². The summed E-state index contributed by atoms with van der Waals surface area (Å²) < 4.78 is 52.1. The largest absolute Gasteiger partial charge is 0.370 e. The van der Waals surface area contributed by atoms with Crippen molar-refractivity contribution in [2.24, 2.45) is 0 Å². The number of hydrogen-bond donors (Lipinski definition) is 3. The Kier molecular flexibility index (Phi) is 9.13. The van der Waals surface area contributed by atoms with Crippen LogP contribution in [0, 0.1) is 12.7 Å². The molecule has 0 bridgehead atoms. The molecule has 0 saturated heterocycles. The number of nitrogens with one attached hydrogen (secondary N) is 3. The Bertz CT molecular complexity index is 1070. The van der Waals surface area contributed by atoms with E-state index in [2.05, 4.69) is 27.3 Å². The number of sulfonamides is 1. The van der Waals surface area contributed by atoms with Crippen molar-refractivity contribution >= 4 is 33.5 Å². The normalized spacial score (nSPS) is 11.5. The molecule has 174 valence electrons. The smallest absolute Gasteiger partial charge is 0.244 e. The molecule has 2 aromatic rings. The van der Waals surface area contributed by atoms with Gasteiger partial charge in [-0.1, -0.05) is 19.4 Å². The summed E-state index contributed by atoms with van der Waals surface area (Å²) in [5, 5.41) is 5.81. The fourth-order valence-corrected chi connectivity index (χ4v) is 3.52. The summed E-state index contributed by atoms with van der Waals surface area (Å²) in [7, 11) is -3.61. The van der Waals surface area contributed by atoms with E-state index in [9.17, 15) is 22.0 Å². The molecule has 0 radical (unpaired) electrons. The summed E-state index contributed by atoms with van der Waals surface area (Å²) in [5.74, 6) is -0.628. The zero-order chi connectivity index (χ0) is 23.7. The van der Waals surface area contributed by atoms with Crippen molar-refractivity contribution in [1.29, 1.82) is 0 Å². The fraction of sp³-hybridized carbons (Fsp3) is 0.364. The van der Waals surface area contributed by atoms with Gasteiger partial charge in [-0.3, -0.25) is 9.52 Å². The van der Waals surface area contributed by atoms with Crippen LogP contribution in [0.2, 0.25) is 0 Å². The molecular weight excluding hydrogens is 438 g/mol. The summed E-state index contributed by atoms with van der Waals surface area (Å²) in [6.45, 7) is 3.69. The summed E-state index contributed by atoms with van der Waals surface area (Å²) in [5.41, 5.74) is 1.71. The monoisotopic (exact) mass is 466 g/mol. The molecular formula is C22H28F2N4O3S. The van der Waals surface area contributed by atoms with Gasteiger partial charge in [-0.05, 0) is 48.7 Å². The van der Waals surface area contributed by atoms with Crippen molar-refractivity contribution in [1.82, 2.24) is 10.3 Å². The van der Waals surface area contributed by atoms with Gasteiger partial charge >= 0.3 is 0 Å². The number of aryl methyl sites for hydroxylation is 1. The first-order chi connectivity index (χ1) is 15.1. The Labute approximate surface area is 187 Å². The van der Waals surface area contributed by atoms with Crippen LogP contribution in [-0.4, -0.2) is 32.1 Å². The average molecular weight is 467 g/mol. The molecule has 1 aromatic carbocycles. The van der Waals surface area contributed by atoms with Crippen LogP contribution in [0.3, 0.4) is 0 Å². The van der Waals surface area contributed by atoms with E-state index in [1.807, 2.05) is 0 Å². The van der Waals surface area contributed by atoms with Crippen molar-refractivity contribution in [3.63, 3.8) is 0 Å². The van der Waals surface area contributed by atoms with E-state index in [1.165, 1.54) is 12.1 Å². The number of unbranched alkanes of at least 4 members (excludes halogenated alkanes) is 1. The molecule has 32 heavy (non-hydrogen) atoms. The molecule has 7 nitrogen and oxygen atoms in total. The van der Waals surface area contributed by atoms with Crippen LogP contribution < -0.4 is 15.4 Å². The number of pyridine rings is 1. The molecule has 1 heterocycles. The van der Waals surface area contributed by atoms with Crippen molar-refractivity contribution < 1.29 is 22.0 Å². The lowest BCUT2D eigenvalue weighted by Gasteiger charge is -2.12. The summed E-state index contributed by atoms with van der Waals surface area (Å²) in [6, 6.07) is 6.00. The standard InChI is InChI=1S/C22H28F2N4O3S/c1-4-5-10-25-22-17(6-8-18(13-23)27-22)7-9-20(29)26-14-16-11-15(2)21(19(24)12-16)28-32(3,30)31/h6-9,11-12,28H,4-5,10,13-14H2,1-3H3,(H,25,27)(H,26,29)/b9-7+. The van der Waals surface area contributed by atoms with Gasteiger partial charge in [0.1, 0.15) is 18.3 Å². The maximum atomic E-state index is 14.3. The van der Waals surface area contributed by atoms with Gasteiger partial charge in [0, 0.05) is 24.7 Å². The first kappa shape index (κ1) is 25.3. The number of aromatic nitrogens is 1. The van der Waals surface area contributed by atoms with Gasteiger partial charge in [-0.2, -0.15) is 0 Å². The maximum absolute atomic E-state index is 14.3. The number of halogens is 2. The molecule has 0 aliphatic rings. The van der Waals surface area contributed by atoms with Crippen LogP contribution in [0.25, 0.3) is 6.08 Å². The second-order valence-corrected chi connectivity index (χ2v) is 9.10. The van der Waals surface area contributed by atoms with Gasteiger partial charge in [0.2, 0.25) is 15.9 Å². The number of anilines is 2. The van der Waals surface area contributed by atoms with Crippen LogP contribution in [0.4, 0.5) is 20.3 Å². The van der Waals surface area contributed by atoms with Gasteiger partial charge in [0.15, 0.2) is 0 Å². The molecule has 2 rings (SSSR count). The van der Waals surface area contributed by atoms with E-state index in [4.69, 9.17) is 0 Å². The minimum atomic E-state index is -3.61. The lowest BCUT2D eigenvalue weighted by atomic mass is 10.1. The molecule has 1 aromatic heterocycles. The number of carbonyl (C=O) groups excluding carboxylic acids is 1. The number of nitrogens with zero attached hydrogens (tertiary/aromatic N) is 1. The third-order valence-electron chi connectivity index (χ3n) is 4.46. The zero-order valence-electron chi connectivity index (χ0n) is 18.3. The van der Waals surface area contributed by atoms with Crippen molar-refractivity contribution in [3.05, 3.63) is 58.5 Å². The molecule has 0 fully saturated rings. The molecule has 0 unspecified atom stereocenters. The van der Waals surface area contributed by atoms with Gasteiger partial charge < -0.3 is 10.6 Å². The van der Waals surface area contributed by atoms with Gasteiger partial charge in [-0.25, -0.2) is 22.2 Å². The Balaban J connectivity index is 2.05. The van der Waals surface area contributed by atoms with Crippen LogP contribution in [0.5, 0.6) is 0 Å². The minimum absolute atomic E-state index is 0.0563. The Morgan fingerprint density at radius 3 is 2.62 bits per heavy atom. The topological polar surface area (TPSA) is 100 Å². The van der Waals surface area contributed by atoms with Crippen LogP contribution in [-0.2, 0) is 28.0 Å². The van der Waals surface area contributed by atoms with E-state index in [0.717, 1.165) is 19.1 Å². The Morgan fingerprint density at radius 1 is 1.25 bits per heavy atom. The number of alkyl halides is 1. The van der Waals surface area contributed by atoms with E-state index in [-0.39, 0.29) is 12.2 Å². The highest BCUT2D eigenvalue weighted by atomic mass is 32.2. The molecule has 3 N–H and O–H groups in total. The molecule has 0 spiro atoms. The number of benzene rings is 1. The number of hydrogen-bond acceptors (Lipinski definition) is 5. The predicted molar refractivity (Wildman–Crippen MR) is 123 cm³/mol. The molecule has 0 saturated carbocycles. The van der Waals surface area contributed by atoms with Gasteiger partial charge in [0.05, 0.1) is 17.6 Å². The molecule has 0 aliphatic heterocycles. The highest BCUT2D eigenvalue weighted by Crippen LogP contribution is 2.22. The van der Waals surface area contributed by atoms with E-state index in [1.54, 1.807) is 31.2 Å². The lowest BCUT2D eigenvalue weighted by Crippen LogP contribution is -2.20. The number of amides is 1. The van der Waals surface area contributed by atoms with E-state index in [0.29, 0.717) is 34.7 Å². The predicted octanol–water partition coefficient (Wildman–Crippen LogP) is 3.91. The minimum Gasteiger partial charge on any atom is -0.370 e. The van der Waals surface area contributed by atoms with Gasteiger partial charge in [0.25, 0.3) is 0 Å². The lowest BCUT2D eigenvalue weighted by molar-refractivity contribution is -0.116. The third-order valence-corrected chi connectivity index (χ3v) is 5.03. The molecule has 10 heteroatoms. The molecule has 0 atom stereocenters. The Hall–Kier alpha value is -3.01. The van der Waals surface area contributed by atoms with Gasteiger partial charge in [-0.15, -0.1) is 0 Å². The quantitative estimate of drug-likeness (QED) is 0.344. The zero-order valence-corrected chi connectivity index (χ0v) is 19.2. The van der Waals surface area contributed by atoms with E-state index >= 15 is 0 Å². The van der Waals surface area contributed by atoms with Crippen LogP contribution in [0.15, 0.2) is 30.3 Å². The second-order valence-electron chi connectivity index (χ2n) is 7.35. The summed E-state index contributed by atoms with van der Waals surface area (Å²) in [6.07, 6.45) is 5.76. The molecule has 0 aliphatic carbocycles. The average Bonchev–Trinajstić information content (AvgIpc) is 2.73. The summed E-state index contributed by atoms with van der Waals surface area (Å²) >= 11 is 0. The van der Waals surface area contributed by atoms with Crippen LogP contribution >= 0.6 is 0 Å². The van der Waals surface area contributed by atoms with Crippen molar-refractivity contribution in [3.8, 4) is 0 Å². The number of carbonyl (C=O) groups is 1. The number of rotatable bonds is 11. The summed E-state index contributed by atoms with van der Waals surface area (Å²) in [4.78, 5) is 16.5. The molecule has 1 amide bonds. The fourth-order valence-electron chi connectivity index (χ4n) is 2.89. The van der Waals surface area contributed by atoms with Crippen molar-refractivity contribution in [2.45, 2.75) is 39.9 Å². The Morgan fingerprint density at radius 2 is 2.00 bits per heavy atom. The first-order valence-corrected chi connectivity index (χ1v) is 12.0. The maximum Gasteiger partial charge on any atom is 0.244 e.